The van der Waals surface area contributed by atoms with E-state index in [-0.39, 0.29) is 0 Å². The Kier molecular flexibility index (Phi) is 3.94. The summed E-state index contributed by atoms with van der Waals surface area (Å²) in [5.74, 6) is 0.657. The van der Waals surface area contributed by atoms with Gasteiger partial charge in [-0.25, -0.2) is 8.78 Å². The van der Waals surface area contributed by atoms with Crippen LogP contribution in [0.2, 0.25) is 0 Å². The van der Waals surface area contributed by atoms with Crippen LogP contribution in [-0.4, -0.2) is 19.6 Å². The molecule has 1 unspecified atom stereocenters. The molecule has 0 saturated heterocycles. The first kappa shape index (κ1) is 12.3. The molecule has 0 aliphatic carbocycles. The van der Waals surface area contributed by atoms with Crippen LogP contribution < -0.4 is 10.1 Å². The molecule has 1 aliphatic heterocycles. The lowest BCUT2D eigenvalue weighted by Gasteiger charge is -2.25. The number of fused-ring (bicyclic) bond motifs is 1. The van der Waals surface area contributed by atoms with E-state index in [1.807, 2.05) is 19.1 Å². The van der Waals surface area contributed by atoms with Gasteiger partial charge in [0.25, 0.3) is 6.43 Å². The Hall–Kier alpha value is -1.16. The molecule has 94 valence electrons. The molecular weight excluding hydrogens is 224 g/mol. The number of ether oxygens (including phenoxy) is 1. The molecule has 0 aromatic heterocycles. The molecule has 17 heavy (non-hydrogen) atoms. The second kappa shape index (κ2) is 5.45. The largest absolute Gasteiger partial charge is 0.493 e. The SMILES string of the molecule is CCNC(c1cccc2c1OCCC2)C(F)F. The zero-order chi connectivity index (χ0) is 12.3. The zero-order valence-electron chi connectivity index (χ0n) is 9.88. The number of aryl methyl sites for hydroxylation is 1. The van der Waals surface area contributed by atoms with Crippen molar-refractivity contribution >= 4 is 0 Å². The van der Waals surface area contributed by atoms with Gasteiger partial charge in [0, 0.05) is 5.56 Å². The lowest BCUT2D eigenvalue weighted by Crippen LogP contribution is -2.28. The number of hydrogen-bond acceptors (Lipinski definition) is 2. The van der Waals surface area contributed by atoms with E-state index in [9.17, 15) is 8.78 Å². The number of halogens is 2. The minimum Gasteiger partial charge on any atom is -0.493 e. The first-order valence-corrected chi connectivity index (χ1v) is 6.00. The molecule has 0 spiro atoms. The molecule has 0 fully saturated rings. The molecule has 0 saturated carbocycles. The highest BCUT2D eigenvalue weighted by Gasteiger charge is 2.26. The second-order valence-corrected chi connectivity index (χ2v) is 4.16. The maximum absolute atomic E-state index is 13.0. The van der Waals surface area contributed by atoms with Gasteiger partial charge >= 0.3 is 0 Å². The van der Waals surface area contributed by atoms with Crippen LogP contribution in [0.5, 0.6) is 5.75 Å². The topological polar surface area (TPSA) is 21.3 Å². The summed E-state index contributed by atoms with van der Waals surface area (Å²) in [6, 6.07) is 4.57. The van der Waals surface area contributed by atoms with Gasteiger partial charge < -0.3 is 10.1 Å². The van der Waals surface area contributed by atoms with Crippen LogP contribution in [0.1, 0.15) is 30.5 Å². The van der Waals surface area contributed by atoms with Crippen molar-refractivity contribution in [2.24, 2.45) is 0 Å². The third-order valence-electron chi connectivity index (χ3n) is 2.97. The summed E-state index contributed by atoms with van der Waals surface area (Å²) < 4.78 is 31.6. The highest BCUT2D eigenvalue weighted by atomic mass is 19.3. The van der Waals surface area contributed by atoms with Crippen LogP contribution in [0.4, 0.5) is 8.78 Å². The van der Waals surface area contributed by atoms with Crippen LogP contribution in [0.15, 0.2) is 18.2 Å². The summed E-state index contributed by atoms with van der Waals surface area (Å²) in [4.78, 5) is 0. The molecule has 0 bridgehead atoms. The number of benzene rings is 1. The van der Waals surface area contributed by atoms with Gasteiger partial charge in [0.15, 0.2) is 0 Å². The summed E-state index contributed by atoms with van der Waals surface area (Å²) in [7, 11) is 0. The first-order chi connectivity index (χ1) is 8.24. The smallest absolute Gasteiger partial charge is 0.257 e. The lowest BCUT2D eigenvalue weighted by molar-refractivity contribution is 0.0970. The Bertz CT molecular complexity index is 382. The van der Waals surface area contributed by atoms with Gasteiger partial charge in [-0.15, -0.1) is 0 Å². The number of nitrogens with one attached hydrogen (secondary N) is 1. The molecular formula is C13H17F2NO. The van der Waals surface area contributed by atoms with Crippen molar-refractivity contribution in [3.8, 4) is 5.75 Å². The molecule has 2 rings (SSSR count). The molecule has 0 radical (unpaired) electrons. The maximum atomic E-state index is 13.0. The normalized spacial score (nSPS) is 16.5. The Balaban J connectivity index is 2.35. The molecule has 1 atom stereocenters. The Labute approximate surface area is 100.0 Å². The van der Waals surface area contributed by atoms with Crippen LogP contribution >= 0.6 is 0 Å². The highest BCUT2D eigenvalue weighted by molar-refractivity contribution is 5.44. The maximum Gasteiger partial charge on any atom is 0.257 e. The molecule has 1 aromatic rings. The minimum atomic E-state index is -2.42. The number of para-hydroxylation sites is 1. The summed E-state index contributed by atoms with van der Waals surface area (Å²) in [6.45, 7) is 2.95. The molecule has 1 N–H and O–H groups in total. The summed E-state index contributed by atoms with van der Waals surface area (Å²) in [5, 5.41) is 2.82. The van der Waals surface area contributed by atoms with E-state index in [2.05, 4.69) is 5.32 Å². The van der Waals surface area contributed by atoms with Crippen molar-refractivity contribution in [2.75, 3.05) is 13.2 Å². The van der Waals surface area contributed by atoms with Crippen LogP contribution in [0.25, 0.3) is 0 Å². The predicted octanol–water partition coefficient (Wildman–Crippen LogP) is 2.93. The third kappa shape index (κ3) is 2.57. The minimum absolute atomic E-state index is 0.513. The van der Waals surface area contributed by atoms with Crippen molar-refractivity contribution in [1.29, 1.82) is 0 Å². The van der Waals surface area contributed by atoms with Gasteiger partial charge in [-0.1, -0.05) is 25.1 Å². The van der Waals surface area contributed by atoms with Crippen molar-refractivity contribution < 1.29 is 13.5 Å². The molecule has 1 aliphatic rings. The summed E-state index contributed by atoms with van der Waals surface area (Å²) in [5.41, 5.74) is 1.62. The van der Waals surface area contributed by atoms with Gasteiger partial charge in [-0.3, -0.25) is 0 Å². The van der Waals surface area contributed by atoms with E-state index in [4.69, 9.17) is 4.74 Å². The van der Waals surface area contributed by atoms with E-state index in [1.165, 1.54) is 0 Å². The number of rotatable bonds is 4. The molecule has 2 nitrogen and oxygen atoms in total. The number of alkyl halides is 2. The van der Waals surface area contributed by atoms with Crippen molar-refractivity contribution in [3.63, 3.8) is 0 Å². The molecule has 4 heteroatoms. The summed E-state index contributed by atoms with van der Waals surface area (Å²) >= 11 is 0. The zero-order valence-corrected chi connectivity index (χ0v) is 9.88. The second-order valence-electron chi connectivity index (χ2n) is 4.16. The fourth-order valence-electron chi connectivity index (χ4n) is 2.21. The van der Waals surface area contributed by atoms with Crippen LogP contribution in [0, 0.1) is 0 Å². The Morgan fingerprint density at radius 3 is 2.94 bits per heavy atom. The van der Waals surface area contributed by atoms with Crippen molar-refractivity contribution in [3.05, 3.63) is 29.3 Å². The molecule has 1 heterocycles. The lowest BCUT2D eigenvalue weighted by atomic mass is 9.98. The first-order valence-electron chi connectivity index (χ1n) is 6.00. The van der Waals surface area contributed by atoms with Gasteiger partial charge in [0.05, 0.1) is 12.6 Å². The fourth-order valence-corrected chi connectivity index (χ4v) is 2.21. The third-order valence-corrected chi connectivity index (χ3v) is 2.97. The van der Waals surface area contributed by atoms with E-state index in [0.717, 1.165) is 18.4 Å². The van der Waals surface area contributed by atoms with E-state index in [0.29, 0.717) is 24.5 Å². The van der Waals surface area contributed by atoms with Gasteiger partial charge in [0.1, 0.15) is 5.75 Å². The Morgan fingerprint density at radius 1 is 1.41 bits per heavy atom. The van der Waals surface area contributed by atoms with E-state index < -0.39 is 12.5 Å². The molecule has 0 amide bonds. The van der Waals surface area contributed by atoms with Crippen LogP contribution in [0.3, 0.4) is 0 Å². The van der Waals surface area contributed by atoms with E-state index >= 15 is 0 Å². The summed E-state index contributed by atoms with van der Waals surface area (Å²) in [6.07, 6.45) is -0.561. The van der Waals surface area contributed by atoms with E-state index in [1.54, 1.807) is 6.07 Å². The molecule has 1 aromatic carbocycles. The standard InChI is InChI=1S/C13H17F2NO/c1-2-16-11(13(14)15)10-7-3-5-9-6-4-8-17-12(9)10/h3,5,7,11,13,16H,2,4,6,8H2,1H3. The monoisotopic (exact) mass is 241 g/mol. The average molecular weight is 241 g/mol. The highest BCUT2D eigenvalue weighted by Crippen LogP contribution is 2.35. The quantitative estimate of drug-likeness (QED) is 0.875. The Morgan fingerprint density at radius 2 is 2.24 bits per heavy atom. The van der Waals surface area contributed by atoms with Gasteiger partial charge in [-0.2, -0.15) is 0 Å². The van der Waals surface area contributed by atoms with Crippen LogP contribution in [-0.2, 0) is 6.42 Å². The van der Waals surface area contributed by atoms with Gasteiger partial charge in [0.2, 0.25) is 0 Å². The fraction of sp³-hybridized carbons (Fsp3) is 0.538. The van der Waals surface area contributed by atoms with Crippen molar-refractivity contribution in [2.45, 2.75) is 32.2 Å². The van der Waals surface area contributed by atoms with Crippen molar-refractivity contribution in [1.82, 2.24) is 5.32 Å². The average Bonchev–Trinajstić information content (AvgIpc) is 2.35. The predicted molar refractivity (Wildman–Crippen MR) is 62.7 cm³/mol. The van der Waals surface area contributed by atoms with Gasteiger partial charge in [-0.05, 0) is 24.9 Å². The number of hydrogen-bond donors (Lipinski definition) is 1.